The first-order valence-corrected chi connectivity index (χ1v) is 4.45. The minimum absolute atomic E-state index is 0. The van der Waals surface area contributed by atoms with Crippen LogP contribution in [0.4, 0.5) is 0 Å². The lowest BCUT2D eigenvalue weighted by Gasteiger charge is -2.11. The molecule has 0 saturated carbocycles. The summed E-state index contributed by atoms with van der Waals surface area (Å²) in [6.45, 7) is 0. The van der Waals surface area contributed by atoms with Crippen LogP contribution in [0.25, 0.3) is 0 Å². The molecule has 1 rings (SSSR count). The second-order valence-electron chi connectivity index (χ2n) is 3.21. The molecule has 0 fully saturated rings. The highest BCUT2D eigenvalue weighted by molar-refractivity contribution is 5.85. The lowest BCUT2D eigenvalue weighted by Crippen LogP contribution is -2.35. The second kappa shape index (κ2) is 9.49. The van der Waals surface area contributed by atoms with E-state index in [1.807, 2.05) is 0 Å². The molecule has 0 aliphatic heterocycles. The van der Waals surface area contributed by atoms with E-state index in [-0.39, 0.29) is 41.3 Å². The minimum Gasteiger partial charge on any atom is -0.504 e. The molecule has 0 aromatic heterocycles. The van der Waals surface area contributed by atoms with Gasteiger partial charge in [0.1, 0.15) is 6.04 Å². The molecule has 1 unspecified atom stereocenters. The number of hydrogen-bond donors (Lipinski definition) is 4. The van der Waals surface area contributed by atoms with Gasteiger partial charge in [-0.2, -0.15) is 0 Å². The molecule has 0 bridgehead atoms. The van der Waals surface area contributed by atoms with Crippen LogP contribution in [0.5, 0.6) is 11.5 Å². The highest BCUT2D eigenvalue weighted by atomic mass is 35.5. The SMILES string of the molecule is CNC(Cc1ccc(O)c(O)c1)C(=O)O.Cl.O.O. The van der Waals surface area contributed by atoms with Crippen molar-refractivity contribution in [1.82, 2.24) is 5.32 Å². The summed E-state index contributed by atoms with van der Waals surface area (Å²) < 4.78 is 0. The number of phenols is 2. The molecule has 0 spiro atoms. The normalized spacial score (nSPS) is 10.3. The molecule has 1 aromatic carbocycles. The summed E-state index contributed by atoms with van der Waals surface area (Å²) in [4.78, 5) is 10.7. The molecule has 0 radical (unpaired) electrons. The van der Waals surface area contributed by atoms with Gasteiger partial charge in [-0.15, -0.1) is 12.4 Å². The van der Waals surface area contributed by atoms with Gasteiger partial charge in [0.25, 0.3) is 0 Å². The summed E-state index contributed by atoms with van der Waals surface area (Å²) in [6, 6.07) is 3.55. The van der Waals surface area contributed by atoms with Gasteiger partial charge in [-0.1, -0.05) is 6.07 Å². The summed E-state index contributed by atoms with van der Waals surface area (Å²) >= 11 is 0. The summed E-state index contributed by atoms with van der Waals surface area (Å²) in [5.41, 5.74) is 0.645. The number of aliphatic carboxylic acids is 1. The van der Waals surface area contributed by atoms with Crippen LogP contribution in [0.1, 0.15) is 5.56 Å². The Kier molecular flexibility index (Phi) is 11.4. The van der Waals surface area contributed by atoms with Crippen molar-refractivity contribution in [3.05, 3.63) is 23.8 Å². The largest absolute Gasteiger partial charge is 0.504 e. The minimum atomic E-state index is -0.954. The molecular formula is C10H18ClNO6. The van der Waals surface area contributed by atoms with Crippen molar-refractivity contribution in [2.24, 2.45) is 0 Å². The molecular weight excluding hydrogens is 266 g/mol. The number of carboxylic acid groups (broad SMARTS) is 1. The van der Waals surface area contributed by atoms with Gasteiger partial charge in [-0.3, -0.25) is 4.79 Å². The fraction of sp³-hybridized carbons (Fsp3) is 0.300. The molecule has 7 nitrogen and oxygen atoms in total. The van der Waals surface area contributed by atoms with Crippen LogP contribution < -0.4 is 5.32 Å². The Morgan fingerprint density at radius 2 is 1.83 bits per heavy atom. The quantitative estimate of drug-likeness (QED) is 0.527. The fourth-order valence-electron chi connectivity index (χ4n) is 1.24. The predicted octanol–water partition coefficient (Wildman–Crippen LogP) is -0.915. The van der Waals surface area contributed by atoms with Gasteiger partial charge in [0.05, 0.1) is 0 Å². The fourth-order valence-corrected chi connectivity index (χ4v) is 1.24. The summed E-state index contributed by atoms with van der Waals surface area (Å²) in [5.74, 6) is -1.41. The average molecular weight is 284 g/mol. The Balaban J connectivity index is -0.000000750. The number of hydrogen-bond acceptors (Lipinski definition) is 4. The van der Waals surface area contributed by atoms with Gasteiger partial charge in [0, 0.05) is 0 Å². The molecule has 18 heavy (non-hydrogen) atoms. The number of phenolic OH excluding ortho intramolecular Hbond substituents is 2. The maximum Gasteiger partial charge on any atom is 0.321 e. The summed E-state index contributed by atoms with van der Waals surface area (Å²) in [6.07, 6.45) is 0.250. The summed E-state index contributed by atoms with van der Waals surface area (Å²) in [5, 5.41) is 29.7. The molecule has 106 valence electrons. The second-order valence-corrected chi connectivity index (χ2v) is 3.21. The molecule has 0 amide bonds. The van der Waals surface area contributed by atoms with Crippen LogP contribution >= 0.6 is 12.4 Å². The van der Waals surface area contributed by atoms with Gasteiger partial charge < -0.3 is 31.6 Å². The van der Waals surface area contributed by atoms with Crippen molar-refractivity contribution in [2.45, 2.75) is 12.5 Å². The maximum atomic E-state index is 10.7. The maximum absolute atomic E-state index is 10.7. The van der Waals surface area contributed by atoms with Crippen molar-refractivity contribution < 1.29 is 31.1 Å². The van der Waals surface area contributed by atoms with Gasteiger partial charge >= 0.3 is 5.97 Å². The molecule has 0 aliphatic carbocycles. The zero-order chi connectivity index (χ0) is 11.4. The standard InChI is InChI=1S/C10H13NO4.ClH.2H2O/c1-11-7(10(14)15)4-6-2-3-8(12)9(13)5-6;;;/h2-3,5,7,11-13H,4H2,1H3,(H,14,15);1H;2*1H2. The van der Waals surface area contributed by atoms with E-state index < -0.39 is 12.0 Å². The van der Waals surface area contributed by atoms with Crippen LogP contribution in [0, 0.1) is 0 Å². The van der Waals surface area contributed by atoms with Crippen molar-refractivity contribution >= 4 is 18.4 Å². The van der Waals surface area contributed by atoms with Crippen molar-refractivity contribution in [2.75, 3.05) is 7.05 Å². The van der Waals surface area contributed by atoms with Crippen molar-refractivity contribution in [3.8, 4) is 11.5 Å². The van der Waals surface area contributed by atoms with Crippen LogP contribution in [0.3, 0.4) is 0 Å². The molecule has 0 saturated heterocycles. The molecule has 0 aliphatic rings. The zero-order valence-corrected chi connectivity index (χ0v) is 10.5. The number of aromatic hydroxyl groups is 2. The van der Waals surface area contributed by atoms with E-state index >= 15 is 0 Å². The van der Waals surface area contributed by atoms with E-state index in [0.29, 0.717) is 5.56 Å². The number of rotatable bonds is 4. The van der Waals surface area contributed by atoms with E-state index in [1.165, 1.54) is 12.1 Å². The lowest BCUT2D eigenvalue weighted by molar-refractivity contribution is -0.139. The molecule has 1 atom stereocenters. The third-order valence-corrected chi connectivity index (χ3v) is 2.13. The van der Waals surface area contributed by atoms with E-state index in [0.717, 1.165) is 0 Å². The molecule has 8 heteroatoms. The van der Waals surface area contributed by atoms with Crippen molar-refractivity contribution in [3.63, 3.8) is 0 Å². The van der Waals surface area contributed by atoms with E-state index in [2.05, 4.69) is 5.32 Å². The number of halogens is 1. The first-order valence-electron chi connectivity index (χ1n) is 4.45. The Morgan fingerprint density at radius 1 is 1.28 bits per heavy atom. The Morgan fingerprint density at radius 3 is 2.22 bits per heavy atom. The van der Waals surface area contributed by atoms with E-state index in [1.54, 1.807) is 13.1 Å². The Bertz CT molecular complexity index is 373. The third kappa shape index (κ3) is 5.69. The Hall–Kier alpha value is -1.54. The third-order valence-electron chi connectivity index (χ3n) is 2.13. The Labute approximate surface area is 110 Å². The van der Waals surface area contributed by atoms with Crippen LogP contribution in [-0.4, -0.2) is 45.3 Å². The zero-order valence-electron chi connectivity index (χ0n) is 9.67. The van der Waals surface area contributed by atoms with Crippen LogP contribution in [0.15, 0.2) is 18.2 Å². The van der Waals surface area contributed by atoms with Crippen LogP contribution in [-0.2, 0) is 11.2 Å². The first kappa shape index (κ1) is 21.7. The lowest BCUT2D eigenvalue weighted by atomic mass is 10.1. The molecule has 0 heterocycles. The predicted molar refractivity (Wildman–Crippen MR) is 68.4 cm³/mol. The number of nitrogens with one attached hydrogen (secondary N) is 1. The monoisotopic (exact) mass is 283 g/mol. The molecule has 8 N–H and O–H groups in total. The first-order chi connectivity index (χ1) is 7.04. The summed E-state index contributed by atoms with van der Waals surface area (Å²) in [7, 11) is 1.55. The number of benzene rings is 1. The van der Waals surface area contributed by atoms with E-state index in [9.17, 15) is 9.90 Å². The molecule has 1 aromatic rings. The average Bonchev–Trinajstić information content (AvgIpc) is 2.19. The number of likely N-dealkylation sites (N-methyl/N-ethyl adjacent to an activating group) is 1. The highest BCUT2D eigenvalue weighted by Crippen LogP contribution is 2.25. The highest BCUT2D eigenvalue weighted by Gasteiger charge is 2.15. The van der Waals surface area contributed by atoms with Gasteiger partial charge in [0.15, 0.2) is 11.5 Å². The topological polar surface area (TPSA) is 153 Å². The number of carbonyl (C=O) groups is 1. The smallest absolute Gasteiger partial charge is 0.321 e. The van der Waals surface area contributed by atoms with Crippen LogP contribution in [0.2, 0.25) is 0 Å². The number of carboxylic acids is 1. The van der Waals surface area contributed by atoms with Gasteiger partial charge in [-0.05, 0) is 31.2 Å². The van der Waals surface area contributed by atoms with E-state index in [4.69, 9.17) is 10.2 Å². The van der Waals surface area contributed by atoms with Crippen molar-refractivity contribution in [1.29, 1.82) is 0 Å². The van der Waals surface area contributed by atoms with Gasteiger partial charge in [0.2, 0.25) is 0 Å². The van der Waals surface area contributed by atoms with Gasteiger partial charge in [-0.25, -0.2) is 0 Å².